The molecule has 5 heteroatoms. The zero-order valence-corrected chi connectivity index (χ0v) is 12.0. The molecule has 1 atom stereocenters. The van der Waals surface area contributed by atoms with Gasteiger partial charge in [-0.3, -0.25) is 9.59 Å². The zero-order chi connectivity index (χ0) is 15.3. The van der Waals surface area contributed by atoms with Crippen LogP contribution in [0.25, 0.3) is 0 Å². The van der Waals surface area contributed by atoms with Crippen molar-refractivity contribution in [3.63, 3.8) is 0 Å². The van der Waals surface area contributed by atoms with E-state index >= 15 is 0 Å². The maximum absolute atomic E-state index is 12.0. The predicted molar refractivity (Wildman–Crippen MR) is 75.8 cm³/mol. The van der Waals surface area contributed by atoms with Gasteiger partial charge in [-0.05, 0) is 43.0 Å². The Morgan fingerprint density at radius 3 is 2.45 bits per heavy atom. The minimum absolute atomic E-state index is 0.0993. The van der Waals surface area contributed by atoms with Crippen molar-refractivity contribution in [3.8, 4) is 5.75 Å². The van der Waals surface area contributed by atoms with Crippen molar-refractivity contribution in [1.82, 2.24) is 5.32 Å². The Labute approximate surface area is 118 Å². The molecule has 110 valence electrons. The first-order valence-corrected chi connectivity index (χ1v) is 6.62. The summed E-state index contributed by atoms with van der Waals surface area (Å²) in [6, 6.07) is 4.46. The van der Waals surface area contributed by atoms with Crippen molar-refractivity contribution in [3.05, 3.63) is 29.3 Å². The van der Waals surface area contributed by atoms with E-state index in [4.69, 9.17) is 5.11 Å². The number of phenols is 1. The summed E-state index contributed by atoms with van der Waals surface area (Å²) in [4.78, 5) is 23.1. The highest BCUT2D eigenvalue weighted by Crippen LogP contribution is 2.16. The van der Waals surface area contributed by atoms with Crippen molar-refractivity contribution in [2.75, 3.05) is 6.54 Å². The van der Waals surface area contributed by atoms with E-state index in [1.54, 1.807) is 6.92 Å². The average molecular weight is 279 g/mol. The SMILES string of the molecule is Cc1cc(O)ccc1C(=O)NCC(CC(C)C)C(=O)O. The molecule has 0 bridgehead atoms. The van der Waals surface area contributed by atoms with Crippen LogP contribution in [-0.4, -0.2) is 28.6 Å². The van der Waals surface area contributed by atoms with Gasteiger partial charge in [0.2, 0.25) is 0 Å². The number of phenolic OH excluding ortho intramolecular Hbond substituents is 1. The molecular weight excluding hydrogens is 258 g/mol. The number of carbonyl (C=O) groups is 2. The fraction of sp³-hybridized carbons (Fsp3) is 0.467. The van der Waals surface area contributed by atoms with Gasteiger partial charge in [-0.25, -0.2) is 0 Å². The second-order valence-corrected chi connectivity index (χ2v) is 5.37. The summed E-state index contributed by atoms with van der Waals surface area (Å²) in [6.45, 7) is 5.72. The van der Waals surface area contributed by atoms with Gasteiger partial charge in [-0.1, -0.05) is 13.8 Å². The van der Waals surface area contributed by atoms with E-state index in [2.05, 4.69) is 5.32 Å². The van der Waals surface area contributed by atoms with Crippen LogP contribution in [0.2, 0.25) is 0 Å². The highest BCUT2D eigenvalue weighted by Gasteiger charge is 2.20. The molecule has 20 heavy (non-hydrogen) atoms. The van der Waals surface area contributed by atoms with Gasteiger partial charge in [0.15, 0.2) is 0 Å². The van der Waals surface area contributed by atoms with E-state index in [-0.39, 0.29) is 24.1 Å². The van der Waals surface area contributed by atoms with Gasteiger partial charge >= 0.3 is 5.97 Å². The molecule has 1 rings (SSSR count). The molecule has 1 amide bonds. The van der Waals surface area contributed by atoms with Crippen LogP contribution in [0.4, 0.5) is 0 Å². The summed E-state index contributed by atoms with van der Waals surface area (Å²) in [6.07, 6.45) is 0.518. The number of benzene rings is 1. The van der Waals surface area contributed by atoms with Crippen molar-refractivity contribution in [2.45, 2.75) is 27.2 Å². The molecule has 0 radical (unpaired) electrons. The summed E-state index contributed by atoms with van der Waals surface area (Å²) < 4.78 is 0. The summed E-state index contributed by atoms with van der Waals surface area (Å²) in [5.74, 6) is -1.46. The molecule has 1 aromatic carbocycles. The molecule has 0 aliphatic rings. The third kappa shape index (κ3) is 4.57. The van der Waals surface area contributed by atoms with Crippen molar-refractivity contribution in [1.29, 1.82) is 0 Å². The minimum atomic E-state index is -0.901. The molecule has 0 spiro atoms. The van der Waals surface area contributed by atoms with E-state index in [0.29, 0.717) is 17.5 Å². The Morgan fingerprint density at radius 2 is 1.95 bits per heavy atom. The van der Waals surface area contributed by atoms with E-state index < -0.39 is 11.9 Å². The van der Waals surface area contributed by atoms with Crippen LogP contribution in [-0.2, 0) is 4.79 Å². The summed E-state index contributed by atoms with van der Waals surface area (Å²) >= 11 is 0. The molecule has 3 N–H and O–H groups in total. The molecule has 0 saturated heterocycles. The maximum atomic E-state index is 12.0. The quantitative estimate of drug-likeness (QED) is 0.745. The molecule has 1 unspecified atom stereocenters. The van der Waals surface area contributed by atoms with Crippen LogP contribution in [0, 0.1) is 18.8 Å². The number of rotatable bonds is 6. The molecular formula is C15H21NO4. The number of carboxylic acids is 1. The Hall–Kier alpha value is -2.04. The lowest BCUT2D eigenvalue weighted by molar-refractivity contribution is -0.142. The molecule has 0 aromatic heterocycles. The number of hydrogen-bond donors (Lipinski definition) is 3. The highest BCUT2D eigenvalue weighted by atomic mass is 16.4. The largest absolute Gasteiger partial charge is 0.508 e. The number of aryl methyl sites for hydroxylation is 1. The van der Waals surface area contributed by atoms with Crippen LogP contribution < -0.4 is 5.32 Å². The minimum Gasteiger partial charge on any atom is -0.508 e. The molecule has 5 nitrogen and oxygen atoms in total. The summed E-state index contributed by atoms with van der Waals surface area (Å²) in [5, 5.41) is 21.1. The number of nitrogens with one attached hydrogen (secondary N) is 1. The molecule has 1 aromatic rings. The van der Waals surface area contributed by atoms with Gasteiger partial charge in [0.1, 0.15) is 5.75 Å². The number of aliphatic carboxylic acids is 1. The second-order valence-electron chi connectivity index (χ2n) is 5.37. The third-order valence-electron chi connectivity index (χ3n) is 3.07. The van der Waals surface area contributed by atoms with Gasteiger partial charge < -0.3 is 15.5 Å². The highest BCUT2D eigenvalue weighted by molar-refractivity contribution is 5.96. The third-order valence-corrected chi connectivity index (χ3v) is 3.07. The van der Waals surface area contributed by atoms with Crippen molar-refractivity contribution in [2.24, 2.45) is 11.8 Å². The van der Waals surface area contributed by atoms with E-state index in [0.717, 1.165) is 0 Å². The Kier molecular flexibility index (Phi) is 5.55. The lowest BCUT2D eigenvalue weighted by atomic mass is 9.97. The topological polar surface area (TPSA) is 86.6 Å². The van der Waals surface area contributed by atoms with Crippen LogP contribution in [0.3, 0.4) is 0 Å². The van der Waals surface area contributed by atoms with Crippen LogP contribution in [0.1, 0.15) is 36.2 Å². The number of carboxylic acid groups (broad SMARTS) is 1. The fourth-order valence-corrected chi connectivity index (χ4v) is 2.05. The molecule has 0 heterocycles. The first-order chi connectivity index (χ1) is 9.31. The summed E-state index contributed by atoms with van der Waals surface area (Å²) in [5.41, 5.74) is 1.09. The van der Waals surface area contributed by atoms with E-state index in [1.807, 2.05) is 13.8 Å². The normalized spacial score (nSPS) is 12.2. The predicted octanol–water partition coefficient (Wildman–Crippen LogP) is 2.18. The second kappa shape index (κ2) is 6.93. The first-order valence-electron chi connectivity index (χ1n) is 6.62. The van der Waals surface area contributed by atoms with Gasteiger partial charge in [-0.2, -0.15) is 0 Å². The van der Waals surface area contributed by atoms with Gasteiger partial charge in [0.25, 0.3) is 5.91 Å². The number of carbonyl (C=O) groups excluding carboxylic acids is 1. The van der Waals surface area contributed by atoms with E-state index in [9.17, 15) is 14.7 Å². The molecule has 0 saturated carbocycles. The Bertz CT molecular complexity index is 497. The molecule has 0 aliphatic heterocycles. The van der Waals surface area contributed by atoms with Gasteiger partial charge in [0.05, 0.1) is 5.92 Å². The number of hydrogen-bond acceptors (Lipinski definition) is 3. The van der Waals surface area contributed by atoms with Crippen LogP contribution in [0.15, 0.2) is 18.2 Å². The summed E-state index contributed by atoms with van der Waals surface area (Å²) in [7, 11) is 0. The molecule has 0 aliphatic carbocycles. The van der Waals surface area contributed by atoms with Crippen LogP contribution >= 0.6 is 0 Å². The fourth-order valence-electron chi connectivity index (χ4n) is 2.05. The average Bonchev–Trinajstić information content (AvgIpc) is 2.33. The smallest absolute Gasteiger partial charge is 0.308 e. The maximum Gasteiger partial charge on any atom is 0.308 e. The zero-order valence-electron chi connectivity index (χ0n) is 12.0. The van der Waals surface area contributed by atoms with Crippen molar-refractivity contribution < 1.29 is 19.8 Å². The Morgan fingerprint density at radius 1 is 1.30 bits per heavy atom. The lowest BCUT2D eigenvalue weighted by Gasteiger charge is -2.16. The van der Waals surface area contributed by atoms with Crippen molar-refractivity contribution >= 4 is 11.9 Å². The Balaban J connectivity index is 2.68. The van der Waals surface area contributed by atoms with Gasteiger partial charge in [-0.15, -0.1) is 0 Å². The van der Waals surface area contributed by atoms with Gasteiger partial charge in [0, 0.05) is 12.1 Å². The standard InChI is InChI=1S/C15H21NO4/c1-9(2)6-11(15(19)20)8-16-14(18)13-5-4-12(17)7-10(13)3/h4-5,7,9,11,17H,6,8H2,1-3H3,(H,16,18)(H,19,20). The number of amides is 1. The molecule has 0 fully saturated rings. The van der Waals surface area contributed by atoms with E-state index in [1.165, 1.54) is 18.2 Å². The van der Waals surface area contributed by atoms with Crippen LogP contribution in [0.5, 0.6) is 5.75 Å². The lowest BCUT2D eigenvalue weighted by Crippen LogP contribution is -2.34. The first kappa shape index (κ1) is 16.0. The number of aromatic hydroxyl groups is 1. The monoisotopic (exact) mass is 279 g/mol.